The average molecular weight is 374 g/mol. The van der Waals surface area contributed by atoms with Crippen molar-refractivity contribution in [3.63, 3.8) is 0 Å². The minimum Gasteiger partial charge on any atom is -0.481 e. The molecule has 24 heavy (non-hydrogen) atoms. The lowest BCUT2D eigenvalue weighted by Crippen LogP contribution is -2.43. The first-order valence-electron chi connectivity index (χ1n) is 7.82. The summed E-state index contributed by atoms with van der Waals surface area (Å²) in [6.07, 6.45) is 4.06. The van der Waals surface area contributed by atoms with Gasteiger partial charge in [-0.05, 0) is 37.8 Å². The van der Waals surface area contributed by atoms with Crippen LogP contribution < -0.4 is 5.32 Å². The molecule has 2 aliphatic rings. The fraction of sp³-hybridized carbons (Fsp3) is 0.562. The molecule has 8 heteroatoms. The maximum absolute atomic E-state index is 12.4. The third kappa shape index (κ3) is 3.36. The molecule has 2 heterocycles. The molecule has 1 aliphatic carbocycles. The second-order valence-corrected chi connectivity index (χ2v) is 6.94. The average Bonchev–Trinajstić information content (AvgIpc) is 3.06. The first-order chi connectivity index (χ1) is 10.9. The Labute approximate surface area is 152 Å². The predicted molar refractivity (Wildman–Crippen MR) is 93.6 cm³/mol. The summed E-state index contributed by atoms with van der Waals surface area (Å²) in [5.74, 6) is -0.322. The molecule has 1 aromatic heterocycles. The Morgan fingerprint density at radius 2 is 2.25 bits per heavy atom. The first-order valence-corrected chi connectivity index (χ1v) is 8.20. The summed E-state index contributed by atoms with van der Waals surface area (Å²) in [5.41, 5.74) is -0.674. The Kier molecular flexibility index (Phi) is 5.73. The SMILES string of the molecule is CC(C(=O)Nc1ccc(Cl)cn1)N1C[C@@H]2CCC[C@@]2(C(=O)O)C1.Cl. The summed E-state index contributed by atoms with van der Waals surface area (Å²) < 4.78 is 0. The molecule has 2 fully saturated rings. The van der Waals surface area contributed by atoms with E-state index < -0.39 is 17.4 Å². The zero-order valence-corrected chi connectivity index (χ0v) is 14.9. The van der Waals surface area contributed by atoms with Crippen LogP contribution in [0.25, 0.3) is 0 Å². The summed E-state index contributed by atoms with van der Waals surface area (Å²) in [5, 5.41) is 12.9. The fourth-order valence-electron chi connectivity index (χ4n) is 3.82. The monoisotopic (exact) mass is 373 g/mol. The molecule has 1 aromatic rings. The van der Waals surface area contributed by atoms with Gasteiger partial charge in [-0.25, -0.2) is 4.98 Å². The van der Waals surface area contributed by atoms with Crippen molar-refractivity contribution in [3.8, 4) is 0 Å². The van der Waals surface area contributed by atoms with Crippen LogP contribution in [0.4, 0.5) is 5.82 Å². The molecule has 0 aromatic carbocycles. The molecule has 1 saturated carbocycles. The van der Waals surface area contributed by atoms with Gasteiger partial charge < -0.3 is 10.4 Å². The highest BCUT2D eigenvalue weighted by Crippen LogP contribution is 2.49. The Morgan fingerprint density at radius 3 is 2.83 bits per heavy atom. The second kappa shape index (κ2) is 7.25. The smallest absolute Gasteiger partial charge is 0.311 e. The number of carboxylic acid groups (broad SMARTS) is 1. The van der Waals surface area contributed by atoms with E-state index in [0.717, 1.165) is 12.8 Å². The number of carbonyl (C=O) groups excluding carboxylic acids is 1. The zero-order valence-electron chi connectivity index (χ0n) is 13.4. The van der Waals surface area contributed by atoms with Crippen molar-refractivity contribution in [1.82, 2.24) is 9.88 Å². The molecule has 6 nitrogen and oxygen atoms in total. The van der Waals surface area contributed by atoms with Crippen LogP contribution in [0.5, 0.6) is 0 Å². The molecule has 0 bridgehead atoms. The number of carboxylic acids is 1. The molecule has 3 rings (SSSR count). The van der Waals surface area contributed by atoms with Crippen molar-refractivity contribution < 1.29 is 14.7 Å². The number of pyridine rings is 1. The number of anilines is 1. The number of carbonyl (C=O) groups is 2. The molecule has 1 saturated heterocycles. The number of amides is 1. The Balaban J connectivity index is 0.00000208. The van der Waals surface area contributed by atoms with E-state index in [1.54, 1.807) is 12.1 Å². The standard InChI is InChI=1S/C16H20ClN3O3.ClH/c1-10(14(21)19-13-5-4-12(17)7-18-13)20-8-11-3-2-6-16(11,9-20)15(22)23;/h4-5,7,10-11H,2-3,6,8-9H2,1H3,(H,22,23)(H,18,19,21);1H/t10?,11-,16+;/m0./s1. The van der Waals surface area contributed by atoms with Crippen molar-refractivity contribution in [1.29, 1.82) is 0 Å². The highest BCUT2D eigenvalue weighted by molar-refractivity contribution is 6.30. The third-order valence-corrected chi connectivity index (χ3v) is 5.45. The minimum atomic E-state index is -0.727. The summed E-state index contributed by atoms with van der Waals surface area (Å²) >= 11 is 5.77. The summed E-state index contributed by atoms with van der Waals surface area (Å²) in [7, 11) is 0. The normalized spacial score (nSPS) is 27.2. The molecule has 132 valence electrons. The van der Waals surface area contributed by atoms with E-state index in [1.807, 2.05) is 11.8 Å². The number of halogens is 2. The van der Waals surface area contributed by atoms with Gasteiger partial charge in [0, 0.05) is 19.3 Å². The van der Waals surface area contributed by atoms with Crippen LogP contribution in [0, 0.1) is 11.3 Å². The molecule has 1 aliphatic heterocycles. The fourth-order valence-corrected chi connectivity index (χ4v) is 3.93. The Hall–Kier alpha value is -1.37. The number of hydrogen-bond donors (Lipinski definition) is 2. The van der Waals surface area contributed by atoms with Gasteiger partial charge in [0.1, 0.15) is 5.82 Å². The highest BCUT2D eigenvalue weighted by atomic mass is 35.5. The van der Waals surface area contributed by atoms with Crippen LogP contribution in [0.1, 0.15) is 26.2 Å². The van der Waals surface area contributed by atoms with Crippen LogP contribution in [-0.4, -0.2) is 46.0 Å². The van der Waals surface area contributed by atoms with E-state index in [-0.39, 0.29) is 24.2 Å². The number of rotatable bonds is 4. The van der Waals surface area contributed by atoms with Crippen molar-refractivity contribution in [2.24, 2.45) is 11.3 Å². The van der Waals surface area contributed by atoms with Gasteiger partial charge in [-0.15, -0.1) is 12.4 Å². The molecule has 2 N–H and O–H groups in total. The van der Waals surface area contributed by atoms with E-state index in [2.05, 4.69) is 10.3 Å². The molecular weight excluding hydrogens is 353 g/mol. The van der Waals surface area contributed by atoms with Gasteiger partial charge >= 0.3 is 5.97 Å². The molecule has 0 radical (unpaired) electrons. The van der Waals surface area contributed by atoms with Crippen LogP contribution >= 0.6 is 24.0 Å². The number of aromatic nitrogens is 1. The van der Waals surface area contributed by atoms with Crippen molar-refractivity contribution in [3.05, 3.63) is 23.4 Å². The molecule has 0 spiro atoms. The maximum Gasteiger partial charge on any atom is 0.311 e. The Bertz CT molecular complexity index is 625. The van der Waals surface area contributed by atoms with Gasteiger partial charge in [0.25, 0.3) is 0 Å². The number of nitrogens with one attached hydrogen (secondary N) is 1. The van der Waals surface area contributed by atoms with Crippen molar-refractivity contribution in [2.45, 2.75) is 32.2 Å². The number of hydrogen-bond acceptors (Lipinski definition) is 4. The van der Waals surface area contributed by atoms with E-state index in [0.29, 0.717) is 30.4 Å². The lowest BCUT2D eigenvalue weighted by atomic mass is 9.81. The first kappa shape index (κ1) is 19.0. The van der Waals surface area contributed by atoms with Gasteiger partial charge in [0.15, 0.2) is 0 Å². The van der Waals surface area contributed by atoms with Gasteiger partial charge in [0.2, 0.25) is 5.91 Å². The van der Waals surface area contributed by atoms with Gasteiger partial charge in [0.05, 0.1) is 16.5 Å². The van der Waals surface area contributed by atoms with Gasteiger partial charge in [-0.1, -0.05) is 18.0 Å². The number of fused-ring (bicyclic) bond motifs is 1. The molecule has 3 atom stereocenters. The van der Waals surface area contributed by atoms with Crippen LogP contribution in [-0.2, 0) is 9.59 Å². The maximum atomic E-state index is 12.4. The van der Waals surface area contributed by atoms with E-state index in [4.69, 9.17) is 11.6 Å². The number of nitrogens with zero attached hydrogens (tertiary/aromatic N) is 2. The largest absolute Gasteiger partial charge is 0.481 e. The van der Waals surface area contributed by atoms with Crippen LogP contribution in [0.15, 0.2) is 18.3 Å². The molecular formula is C16H21Cl2N3O3. The van der Waals surface area contributed by atoms with Gasteiger partial charge in [-0.3, -0.25) is 14.5 Å². The summed E-state index contributed by atoms with van der Waals surface area (Å²) in [4.78, 5) is 30.1. The third-order valence-electron chi connectivity index (χ3n) is 5.23. The molecule has 1 amide bonds. The lowest BCUT2D eigenvalue weighted by molar-refractivity contribution is -0.149. The zero-order chi connectivity index (χ0) is 16.6. The van der Waals surface area contributed by atoms with Crippen molar-refractivity contribution >= 4 is 41.7 Å². The van der Waals surface area contributed by atoms with E-state index in [1.165, 1.54) is 6.20 Å². The second-order valence-electron chi connectivity index (χ2n) is 6.51. The Morgan fingerprint density at radius 1 is 1.50 bits per heavy atom. The van der Waals surface area contributed by atoms with Crippen molar-refractivity contribution in [2.75, 3.05) is 18.4 Å². The lowest BCUT2D eigenvalue weighted by Gasteiger charge is -2.26. The summed E-state index contributed by atoms with van der Waals surface area (Å²) in [6, 6.07) is 2.91. The van der Waals surface area contributed by atoms with Crippen LogP contribution in [0.3, 0.4) is 0 Å². The van der Waals surface area contributed by atoms with Crippen LogP contribution in [0.2, 0.25) is 5.02 Å². The predicted octanol–water partition coefficient (Wildman–Crippen LogP) is 2.67. The number of likely N-dealkylation sites (tertiary alicyclic amines) is 1. The van der Waals surface area contributed by atoms with E-state index >= 15 is 0 Å². The molecule has 1 unspecified atom stereocenters. The number of aliphatic carboxylic acids is 1. The van der Waals surface area contributed by atoms with Gasteiger partial charge in [-0.2, -0.15) is 0 Å². The highest BCUT2D eigenvalue weighted by Gasteiger charge is 2.55. The topological polar surface area (TPSA) is 82.5 Å². The minimum absolute atomic E-state index is 0. The van der Waals surface area contributed by atoms with E-state index in [9.17, 15) is 14.7 Å². The quantitative estimate of drug-likeness (QED) is 0.847. The summed E-state index contributed by atoms with van der Waals surface area (Å²) in [6.45, 7) is 2.91.